The number of hydrogen-bond acceptors (Lipinski definition) is 6. The third-order valence-corrected chi connectivity index (χ3v) is 3.33. The number of aromatic nitrogens is 3. The van der Waals surface area contributed by atoms with Gasteiger partial charge in [-0.1, -0.05) is 0 Å². The van der Waals surface area contributed by atoms with Gasteiger partial charge in [0.05, 0.1) is 13.2 Å². The van der Waals surface area contributed by atoms with E-state index in [4.69, 9.17) is 4.74 Å². The molecule has 2 aromatic heterocycles. The van der Waals surface area contributed by atoms with Crippen LogP contribution in [0, 0.1) is 0 Å². The van der Waals surface area contributed by atoms with Gasteiger partial charge < -0.3 is 14.7 Å². The fourth-order valence-electron chi connectivity index (χ4n) is 2.25. The first-order valence-corrected chi connectivity index (χ1v) is 6.53. The number of aliphatic hydroxyl groups excluding tert-OH is 1. The quantitative estimate of drug-likeness (QED) is 0.902. The van der Waals surface area contributed by atoms with Crippen molar-refractivity contribution in [1.29, 1.82) is 0 Å². The maximum Gasteiger partial charge on any atom is 0.212 e. The molecule has 0 amide bonds. The molecule has 104 valence electrons. The number of pyridine rings is 1. The Bertz CT molecular complexity index is 588. The summed E-state index contributed by atoms with van der Waals surface area (Å²) in [5.74, 6) is 2.02. The summed E-state index contributed by atoms with van der Waals surface area (Å²) in [6.07, 6.45) is 3.93. The molecule has 0 spiro atoms. The molecule has 1 N–H and O–H groups in total. The minimum atomic E-state index is -0.268. The maximum atomic E-state index is 9.60. The number of hydrogen-bond donors (Lipinski definition) is 1. The first-order chi connectivity index (χ1) is 9.76. The molecule has 3 heterocycles. The van der Waals surface area contributed by atoms with Crippen LogP contribution in [0.2, 0.25) is 0 Å². The van der Waals surface area contributed by atoms with E-state index in [0.717, 1.165) is 24.3 Å². The van der Waals surface area contributed by atoms with Gasteiger partial charge in [0.2, 0.25) is 5.88 Å². The third kappa shape index (κ3) is 2.55. The van der Waals surface area contributed by atoms with Crippen LogP contribution in [0.15, 0.2) is 30.6 Å². The van der Waals surface area contributed by atoms with Crippen molar-refractivity contribution in [2.24, 2.45) is 0 Å². The summed E-state index contributed by atoms with van der Waals surface area (Å²) in [6.45, 7) is 1.44. The molecule has 3 rings (SSSR count). The van der Waals surface area contributed by atoms with Crippen LogP contribution >= 0.6 is 0 Å². The van der Waals surface area contributed by atoms with Gasteiger partial charge in [-0.05, 0) is 18.6 Å². The maximum absolute atomic E-state index is 9.60. The fraction of sp³-hybridized carbons (Fsp3) is 0.357. The molecule has 1 aliphatic rings. The van der Waals surface area contributed by atoms with Gasteiger partial charge in [0.1, 0.15) is 5.82 Å². The predicted octanol–water partition coefficient (Wildman–Crippen LogP) is 1.12. The van der Waals surface area contributed by atoms with Crippen LogP contribution in [-0.4, -0.2) is 46.4 Å². The van der Waals surface area contributed by atoms with Crippen molar-refractivity contribution >= 4 is 5.82 Å². The van der Waals surface area contributed by atoms with Gasteiger partial charge in [-0.3, -0.25) is 0 Å². The summed E-state index contributed by atoms with van der Waals surface area (Å²) in [6, 6.07) is 5.52. The topological polar surface area (TPSA) is 71.4 Å². The van der Waals surface area contributed by atoms with Crippen molar-refractivity contribution in [3.8, 4) is 17.3 Å². The first-order valence-electron chi connectivity index (χ1n) is 6.53. The summed E-state index contributed by atoms with van der Waals surface area (Å²) in [4.78, 5) is 15.0. The van der Waals surface area contributed by atoms with Gasteiger partial charge in [0.25, 0.3) is 0 Å². The molecule has 6 heteroatoms. The summed E-state index contributed by atoms with van der Waals surface area (Å²) in [5.41, 5.74) is 0.840. The molecular weight excluding hydrogens is 256 g/mol. The van der Waals surface area contributed by atoms with Gasteiger partial charge in [-0.15, -0.1) is 0 Å². The molecule has 0 aliphatic carbocycles. The van der Waals surface area contributed by atoms with E-state index in [-0.39, 0.29) is 6.10 Å². The SMILES string of the molecule is COc1ccc(-c2nccc(N3CCC(O)C3)n2)cn1. The summed E-state index contributed by atoms with van der Waals surface area (Å²) < 4.78 is 5.03. The van der Waals surface area contributed by atoms with Crippen LogP contribution in [0.1, 0.15) is 6.42 Å². The second-order valence-electron chi connectivity index (χ2n) is 4.72. The zero-order valence-electron chi connectivity index (χ0n) is 11.2. The Balaban J connectivity index is 1.86. The Morgan fingerprint density at radius 2 is 2.20 bits per heavy atom. The van der Waals surface area contributed by atoms with Crippen molar-refractivity contribution in [3.05, 3.63) is 30.6 Å². The second-order valence-corrected chi connectivity index (χ2v) is 4.72. The lowest BCUT2D eigenvalue weighted by Crippen LogP contribution is -2.22. The largest absolute Gasteiger partial charge is 0.481 e. The lowest BCUT2D eigenvalue weighted by atomic mass is 10.2. The Morgan fingerprint density at radius 3 is 2.85 bits per heavy atom. The minimum absolute atomic E-state index is 0.268. The number of nitrogens with zero attached hydrogens (tertiary/aromatic N) is 4. The standard InChI is InChI=1S/C14H16N4O2/c1-20-13-3-2-10(8-16-13)14-15-6-4-12(17-14)18-7-5-11(19)9-18/h2-4,6,8,11,19H,5,7,9H2,1H3. The van der Waals surface area contributed by atoms with E-state index in [2.05, 4.69) is 19.9 Å². The van der Waals surface area contributed by atoms with Crippen molar-refractivity contribution < 1.29 is 9.84 Å². The summed E-state index contributed by atoms with van der Waals surface area (Å²) in [7, 11) is 1.58. The number of anilines is 1. The van der Waals surface area contributed by atoms with Gasteiger partial charge >= 0.3 is 0 Å². The van der Waals surface area contributed by atoms with Gasteiger partial charge in [-0.2, -0.15) is 0 Å². The zero-order chi connectivity index (χ0) is 13.9. The molecule has 1 atom stereocenters. The van der Waals surface area contributed by atoms with Crippen LogP contribution in [0.25, 0.3) is 11.4 Å². The lowest BCUT2D eigenvalue weighted by molar-refractivity contribution is 0.198. The average Bonchev–Trinajstić information content (AvgIpc) is 2.94. The minimum Gasteiger partial charge on any atom is -0.481 e. The number of ether oxygens (including phenoxy) is 1. The van der Waals surface area contributed by atoms with E-state index < -0.39 is 0 Å². The summed E-state index contributed by atoms with van der Waals surface area (Å²) >= 11 is 0. The Morgan fingerprint density at radius 1 is 1.30 bits per heavy atom. The highest BCUT2D eigenvalue weighted by Crippen LogP contribution is 2.22. The van der Waals surface area contributed by atoms with Crippen LogP contribution < -0.4 is 9.64 Å². The second kappa shape index (κ2) is 5.42. The summed E-state index contributed by atoms with van der Waals surface area (Å²) in [5, 5.41) is 9.60. The monoisotopic (exact) mass is 272 g/mol. The molecular formula is C14H16N4O2. The van der Waals surface area contributed by atoms with Crippen molar-refractivity contribution in [2.75, 3.05) is 25.1 Å². The molecule has 0 saturated carbocycles. The number of aliphatic hydroxyl groups is 1. The van der Waals surface area contributed by atoms with Crippen molar-refractivity contribution in [3.63, 3.8) is 0 Å². The van der Waals surface area contributed by atoms with E-state index >= 15 is 0 Å². The van der Waals surface area contributed by atoms with E-state index in [1.165, 1.54) is 0 Å². The smallest absolute Gasteiger partial charge is 0.212 e. The Hall–Kier alpha value is -2.21. The van der Waals surface area contributed by atoms with Crippen molar-refractivity contribution in [2.45, 2.75) is 12.5 Å². The lowest BCUT2D eigenvalue weighted by Gasteiger charge is -2.16. The molecule has 20 heavy (non-hydrogen) atoms. The van der Waals surface area contributed by atoms with Gasteiger partial charge in [0.15, 0.2) is 5.82 Å². The van der Waals surface area contributed by atoms with Crippen molar-refractivity contribution in [1.82, 2.24) is 15.0 Å². The van der Waals surface area contributed by atoms with Crippen LogP contribution in [0.3, 0.4) is 0 Å². The average molecular weight is 272 g/mol. The van der Waals surface area contributed by atoms with E-state index in [1.54, 1.807) is 25.6 Å². The first kappa shape index (κ1) is 12.8. The van der Waals surface area contributed by atoms with E-state index in [0.29, 0.717) is 18.2 Å². The Labute approximate surface area is 117 Å². The highest BCUT2D eigenvalue weighted by Gasteiger charge is 2.21. The van der Waals surface area contributed by atoms with Gasteiger partial charge in [-0.25, -0.2) is 15.0 Å². The van der Waals surface area contributed by atoms with Crippen LogP contribution in [0.4, 0.5) is 5.82 Å². The fourth-order valence-corrected chi connectivity index (χ4v) is 2.25. The number of β-amino-alcohol motifs (C(OH)–C–C–N with tert-alkyl or cyclic N) is 1. The Kier molecular flexibility index (Phi) is 3.47. The molecule has 2 aromatic rings. The van der Waals surface area contributed by atoms with E-state index in [9.17, 15) is 5.11 Å². The zero-order valence-corrected chi connectivity index (χ0v) is 11.2. The normalized spacial score (nSPS) is 18.3. The van der Waals surface area contributed by atoms with Gasteiger partial charge in [0, 0.05) is 37.1 Å². The third-order valence-electron chi connectivity index (χ3n) is 3.33. The molecule has 1 fully saturated rings. The van der Waals surface area contributed by atoms with Crippen LogP contribution in [-0.2, 0) is 0 Å². The molecule has 6 nitrogen and oxygen atoms in total. The molecule has 1 aliphatic heterocycles. The number of methoxy groups -OCH3 is 1. The molecule has 1 saturated heterocycles. The molecule has 0 aromatic carbocycles. The molecule has 0 bridgehead atoms. The van der Waals surface area contributed by atoms with E-state index in [1.807, 2.05) is 12.1 Å². The molecule has 0 radical (unpaired) electrons. The number of rotatable bonds is 3. The highest BCUT2D eigenvalue weighted by molar-refractivity contribution is 5.56. The van der Waals surface area contributed by atoms with Crippen LogP contribution in [0.5, 0.6) is 5.88 Å². The molecule has 1 unspecified atom stereocenters. The highest BCUT2D eigenvalue weighted by atomic mass is 16.5. The predicted molar refractivity (Wildman–Crippen MR) is 74.7 cm³/mol.